The molecule has 4 aromatic rings. The summed E-state index contributed by atoms with van der Waals surface area (Å²) < 4.78 is 7.70. The number of thiocarbonyl (C=S) groups is 1. The number of aryl methyl sites for hydroxylation is 2. The fourth-order valence-electron chi connectivity index (χ4n) is 5.11. The standard InChI is InChI=1S/C29H30N4OS/c1-19-9-5-6-11-26(19)33-20(2)17-24(21(33)3)28-27(25-10-7-8-16-30-25)31-29(35)32(28)18-22-12-14-23(34-4)15-13-22/h5-17,27-28H,18H2,1-4H3,(H,31,35)/t27-,28+/m0/s1. The fourth-order valence-corrected chi connectivity index (χ4v) is 5.42. The monoisotopic (exact) mass is 482 g/mol. The molecule has 2 aromatic carbocycles. The van der Waals surface area contributed by atoms with Gasteiger partial charge >= 0.3 is 0 Å². The molecule has 6 heteroatoms. The minimum atomic E-state index is -0.0484. The van der Waals surface area contributed by atoms with E-state index in [2.05, 4.69) is 84.1 Å². The second kappa shape index (κ2) is 9.55. The maximum Gasteiger partial charge on any atom is 0.170 e. The Bertz CT molecular complexity index is 1350. The molecule has 0 spiro atoms. The summed E-state index contributed by atoms with van der Waals surface area (Å²) >= 11 is 5.90. The largest absolute Gasteiger partial charge is 0.497 e. The molecule has 0 amide bonds. The van der Waals surface area contributed by atoms with Gasteiger partial charge in [0, 0.05) is 29.8 Å². The Labute approximate surface area is 212 Å². The average Bonchev–Trinajstić information content (AvgIpc) is 3.35. The highest BCUT2D eigenvalue weighted by Gasteiger charge is 2.41. The number of methoxy groups -OCH3 is 1. The van der Waals surface area contributed by atoms with Gasteiger partial charge in [0.2, 0.25) is 0 Å². The van der Waals surface area contributed by atoms with Crippen molar-refractivity contribution in [2.24, 2.45) is 0 Å². The number of ether oxygens (including phenoxy) is 1. The van der Waals surface area contributed by atoms with E-state index in [0.29, 0.717) is 6.54 Å². The predicted molar refractivity (Wildman–Crippen MR) is 144 cm³/mol. The minimum absolute atomic E-state index is 0.00321. The molecule has 5 nitrogen and oxygen atoms in total. The Hall–Kier alpha value is -3.64. The molecule has 1 N–H and O–H groups in total. The number of pyridine rings is 1. The van der Waals surface area contributed by atoms with E-state index in [1.807, 2.05) is 30.5 Å². The topological polar surface area (TPSA) is 42.3 Å². The molecule has 2 atom stereocenters. The van der Waals surface area contributed by atoms with Gasteiger partial charge in [0.05, 0.1) is 24.9 Å². The molecule has 35 heavy (non-hydrogen) atoms. The Morgan fingerprint density at radius 3 is 2.40 bits per heavy atom. The van der Waals surface area contributed by atoms with Crippen LogP contribution in [0, 0.1) is 20.8 Å². The number of aromatic nitrogens is 2. The van der Waals surface area contributed by atoms with Crippen molar-refractivity contribution in [1.82, 2.24) is 19.8 Å². The van der Waals surface area contributed by atoms with Crippen LogP contribution < -0.4 is 10.1 Å². The van der Waals surface area contributed by atoms with Crippen molar-refractivity contribution < 1.29 is 4.74 Å². The van der Waals surface area contributed by atoms with E-state index in [4.69, 9.17) is 21.9 Å². The summed E-state index contributed by atoms with van der Waals surface area (Å²) in [5.74, 6) is 0.848. The third-order valence-electron chi connectivity index (χ3n) is 6.86. The first kappa shape index (κ1) is 23.1. The van der Waals surface area contributed by atoms with E-state index < -0.39 is 0 Å². The van der Waals surface area contributed by atoms with Crippen molar-refractivity contribution >= 4 is 17.3 Å². The first-order chi connectivity index (χ1) is 17.0. The second-order valence-electron chi connectivity index (χ2n) is 9.05. The fraction of sp³-hybridized carbons (Fsp3) is 0.241. The number of rotatable bonds is 6. The molecule has 178 valence electrons. The van der Waals surface area contributed by atoms with Crippen LogP contribution in [0.2, 0.25) is 0 Å². The third-order valence-corrected chi connectivity index (χ3v) is 7.21. The van der Waals surface area contributed by atoms with Gasteiger partial charge in [-0.25, -0.2) is 0 Å². The van der Waals surface area contributed by atoms with Crippen LogP contribution in [0.25, 0.3) is 5.69 Å². The molecule has 1 aliphatic heterocycles. The van der Waals surface area contributed by atoms with Gasteiger partial charge in [0.25, 0.3) is 0 Å². The van der Waals surface area contributed by atoms with Crippen molar-refractivity contribution in [3.05, 3.63) is 113 Å². The lowest BCUT2D eigenvalue weighted by Crippen LogP contribution is -2.29. The van der Waals surface area contributed by atoms with Crippen molar-refractivity contribution in [3.63, 3.8) is 0 Å². The number of hydrogen-bond acceptors (Lipinski definition) is 3. The van der Waals surface area contributed by atoms with Gasteiger partial charge in [0.1, 0.15) is 5.75 Å². The van der Waals surface area contributed by atoms with Gasteiger partial charge in [0.15, 0.2) is 5.11 Å². The Kier molecular flexibility index (Phi) is 6.31. The van der Waals surface area contributed by atoms with Crippen LogP contribution in [-0.4, -0.2) is 26.7 Å². The van der Waals surface area contributed by atoms with Gasteiger partial charge in [-0.05, 0) is 86.1 Å². The van der Waals surface area contributed by atoms with Gasteiger partial charge < -0.3 is 19.5 Å². The van der Waals surface area contributed by atoms with Crippen LogP contribution in [0.3, 0.4) is 0 Å². The van der Waals surface area contributed by atoms with E-state index in [-0.39, 0.29) is 12.1 Å². The molecule has 0 bridgehead atoms. The quantitative estimate of drug-likeness (QED) is 0.343. The summed E-state index contributed by atoms with van der Waals surface area (Å²) in [6.45, 7) is 7.23. The second-order valence-corrected chi connectivity index (χ2v) is 9.44. The number of hydrogen-bond donors (Lipinski definition) is 1. The summed E-state index contributed by atoms with van der Waals surface area (Å²) in [6.07, 6.45) is 1.85. The molecule has 1 saturated heterocycles. The number of nitrogens with zero attached hydrogens (tertiary/aromatic N) is 3. The summed E-state index contributed by atoms with van der Waals surface area (Å²) in [5, 5.41) is 4.32. The minimum Gasteiger partial charge on any atom is -0.497 e. The normalized spacial score (nSPS) is 17.5. The first-order valence-corrected chi connectivity index (χ1v) is 12.2. The molecule has 0 unspecified atom stereocenters. The predicted octanol–water partition coefficient (Wildman–Crippen LogP) is 5.98. The lowest BCUT2D eigenvalue weighted by molar-refractivity contribution is 0.310. The molecular weight excluding hydrogens is 452 g/mol. The molecule has 0 saturated carbocycles. The molecule has 2 aromatic heterocycles. The van der Waals surface area contributed by atoms with E-state index in [1.54, 1.807) is 7.11 Å². The zero-order chi connectivity index (χ0) is 24.5. The number of benzene rings is 2. The van der Waals surface area contributed by atoms with E-state index in [0.717, 1.165) is 16.6 Å². The number of nitrogens with one attached hydrogen (secondary N) is 1. The molecular formula is C29H30N4OS. The SMILES string of the molecule is COc1ccc(CN2C(=S)N[C@@H](c3ccccn3)[C@H]2c2cc(C)n(-c3ccccc3C)c2C)cc1. The highest BCUT2D eigenvalue weighted by atomic mass is 32.1. The third kappa shape index (κ3) is 4.30. The Morgan fingerprint density at radius 2 is 1.71 bits per heavy atom. The summed E-state index contributed by atoms with van der Waals surface area (Å²) in [6, 6.07) is 25.0. The highest BCUT2D eigenvalue weighted by molar-refractivity contribution is 7.80. The maximum atomic E-state index is 5.90. The van der Waals surface area contributed by atoms with Crippen molar-refractivity contribution in [2.75, 3.05) is 7.11 Å². The summed E-state index contributed by atoms with van der Waals surface area (Å²) in [4.78, 5) is 6.99. The van der Waals surface area contributed by atoms with Crippen molar-refractivity contribution in [1.29, 1.82) is 0 Å². The smallest absolute Gasteiger partial charge is 0.170 e. The lowest BCUT2D eigenvalue weighted by atomic mass is 9.96. The van der Waals surface area contributed by atoms with Gasteiger partial charge in [-0.1, -0.05) is 36.4 Å². The molecule has 0 aliphatic carbocycles. The van der Waals surface area contributed by atoms with Crippen LogP contribution in [0.15, 0.2) is 79.0 Å². The highest BCUT2D eigenvalue weighted by Crippen LogP contribution is 2.42. The Balaban J connectivity index is 1.60. The van der Waals surface area contributed by atoms with Gasteiger partial charge in [-0.2, -0.15) is 0 Å². The summed E-state index contributed by atoms with van der Waals surface area (Å²) in [7, 11) is 1.69. The van der Waals surface area contributed by atoms with Crippen LogP contribution in [-0.2, 0) is 6.54 Å². The van der Waals surface area contributed by atoms with Crippen LogP contribution in [0.4, 0.5) is 0 Å². The van der Waals surface area contributed by atoms with E-state index >= 15 is 0 Å². The van der Waals surface area contributed by atoms with Crippen LogP contribution >= 0.6 is 12.2 Å². The molecule has 3 heterocycles. The molecule has 1 aliphatic rings. The molecule has 0 radical (unpaired) electrons. The van der Waals surface area contributed by atoms with Crippen LogP contribution in [0.1, 0.15) is 45.9 Å². The zero-order valence-electron chi connectivity index (χ0n) is 20.5. The van der Waals surface area contributed by atoms with E-state index in [1.165, 1.54) is 33.8 Å². The Morgan fingerprint density at radius 1 is 0.971 bits per heavy atom. The first-order valence-electron chi connectivity index (χ1n) is 11.8. The van der Waals surface area contributed by atoms with Crippen LogP contribution in [0.5, 0.6) is 5.75 Å². The molecule has 1 fully saturated rings. The van der Waals surface area contributed by atoms with Gasteiger partial charge in [-0.3, -0.25) is 4.98 Å². The summed E-state index contributed by atoms with van der Waals surface area (Å²) in [5.41, 5.74) is 8.28. The van der Waals surface area contributed by atoms with E-state index in [9.17, 15) is 0 Å². The van der Waals surface area contributed by atoms with Crippen molar-refractivity contribution in [2.45, 2.75) is 39.4 Å². The zero-order valence-corrected chi connectivity index (χ0v) is 21.3. The lowest BCUT2D eigenvalue weighted by Gasteiger charge is -2.28. The number of para-hydroxylation sites is 1. The maximum absolute atomic E-state index is 5.90. The van der Waals surface area contributed by atoms with Gasteiger partial charge in [-0.15, -0.1) is 0 Å². The van der Waals surface area contributed by atoms with Crippen molar-refractivity contribution in [3.8, 4) is 11.4 Å². The molecule has 5 rings (SSSR count). The average molecular weight is 483 g/mol.